The van der Waals surface area contributed by atoms with Gasteiger partial charge in [-0.3, -0.25) is 0 Å². The molecule has 1 saturated carbocycles. The second kappa shape index (κ2) is 6.23. The van der Waals surface area contributed by atoms with Gasteiger partial charge in [-0.15, -0.1) is 0 Å². The molecule has 0 aliphatic heterocycles. The van der Waals surface area contributed by atoms with Crippen LogP contribution in [0, 0.1) is 11.7 Å². The Kier molecular flexibility index (Phi) is 4.86. The van der Waals surface area contributed by atoms with Crippen LogP contribution in [-0.2, 0) is 6.42 Å². The molecular weight excluding hydrogens is 261 g/mol. The zero-order valence-electron chi connectivity index (χ0n) is 11.6. The van der Waals surface area contributed by atoms with Gasteiger partial charge in [0.1, 0.15) is 5.82 Å². The van der Waals surface area contributed by atoms with Gasteiger partial charge >= 0.3 is 0 Å². The maximum absolute atomic E-state index is 13.9. The summed E-state index contributed by atoms with van der Waals surface area (Å²) < 4.78 is 13.9. The van der Waals surface area contributed by atoms with Gasteiger partial charge in [0.05, 0.1) is 5.02 Å². The Morgan fingerprint density at radius 3 is 2.68 bits per heavy atom. The molecule has 0 spiro atoms. The van der Waals surface area contributed by atoms with Gasteiger partial charge in [-0.1, -0.05) is 43.5 Å². The van der Waals surface area contributed by atoms with E-state index in [2.05, 4.69) is 6.92 Å². The molecule has 1 nitrogen and oxygen atoms in total. The molecule has 0 atom stereocenters. The monoisotopic (exact) mass is 283 g/mol. The molecule has 0 amide bonds. The third kappa shape index (κ3) is 3.70. The molecule has 0 radical (unpaired) electrons. The number of hydrogen-bond acceptors (Lipinski definition) is 1. The summed E-state index contributed by atoms with van der Waals surface area (Å²) in [4.78, 5) is 0. The number of rotatable bonds is 4. The van der Waals surface area contributed by atoms with Gasteiger partial charge in [0.15, 0.2) is 0 Å². The average Bonchev–Trinajstić information content (AvgIpc) is 2.38. The molecule has 19 heavy (non-hydrogen) atoms. The Bertz CT molecular complexity index is 425. The molecular formula is C16H23ClFN. The Labute approximate surface area is 120 Å². The minimum Gasteiger partial charge on any atom is -0.325 e. The van der Waals surface area contributed by atoms with E-state index in [9.17, 15) is 4.39 Å². The van der Waals surface area contributed by atoms with Crippen molar-refractivity contribution >= 4 is 11.6 Å². The van der Waals surface area contributed by atoms with Crippen molar-refractivity contribution in [3.63, 3.8) is 0 Å². The van der Waals surface area contributed by atoms with Gasteiger partial charge in [0.2, 0.25) is 0 Å². The van der Waals surface area contributed by atoms with Crippen molar-refractivity contribution < 1.29 is 4.39 Å². The summed E-state index contributed by atoms with van der Waals surface area (Å²) in [6.07, 6.45) is 7.46. The van der Waals surface area contributed by atoms with Crippen LogP contribution >= 0.6 is 11.6 Å². The minimum absolute atomic E-state index is 0.195. The quantitative estimate of drug-likeness (QED) is 0.851. The van der Waals surface area contributed by atoms with Gasteiger partial charge in [-0.05, 0) is 49.7 Å². The molecule has 1 aromatic rings. The van der Waals surface area contributed by atoms with Crippen molar-refractivity contribution in [1.29, 1.82) is 0 Å². The third-order valence-electron chi connectivity index (χ3n) is 4.37. The first-order valence-corrected chi connectivity index (χ1v) is 7.63. The van der Waals surface area contributed by atoms with Crippen LogP contribution in [-0.4, -0.2) is 5.54 Å². The average molecular weight is 284 g/mol. The van der Waals surface area contributed by atoms with Crippen LogP contribution in [0.5, 0.6) is 0 Å². The molecule has 2 rings (SSSR count). The lowest BCUT2D eigenvalue weighted by Crippen LogP contribution is -2.45. The van der Waals surface area contributed by atoms with Crippen molar-refractivity contribution in [2.45, 2.75) is 57.4 Å². The highest BCUT2D eigenvalue weighted by atomic mass is 35.5. The summed E-state index contributed by atoms with van der Waals surface area (Å²) in [5.74, 6) is 0.510. The first-order chi connectivity index (χ1) is 9.04. The van der Waals surface area contributed by atoms with Crippen LogP contribution < -0.4 is 5.73 Å². The van der Waals surface area contributed by atoms with Gasteiger partial charge in [0.25, 0.3) is 0 Å². The molecule has 1 aliphatic carbocycles. The molecule has 0 heterocycles. The molecule has 0 saturated heterocycles. The number of halogens is 2. The fourth-order valence-electron chi connectivity index (χ4n) is 3.19. The normalized spacial score (nSPS) is 27.5. The molecule has 1 fully saturated rings. The fraction of sp³-hybridized carbons (Fsp3) is 0.625. The van der Waals surface area contributed by atoms with E-state index in [1.807, 2.05) is 0 Å². The van der Waals surface area contributed by atoms with Crippen LogP contribution in [0.4, 0.5) is 4.39 Å². The SMILES string of the molecule is CCCC1CCC(N)(Cc2cccc(Cl)c2F)CC1. The van der Waals surface area contributed by atoms with Gasteiger partial charge in [0, 0.05) is 5.54 Å². The summed E-state index contributed by atoms with van der Waals surface area (Å²) in [7, 11) is 0. The first kappa shape index (κ1) is 14.8. The van der Waals surface area contributed by atoms with Crippen LogP contribution in [0.15, 0.2) is 18.2 Å². The fourth-order valence-corrected chi connectivity index (χ4v) is 3.38. The largest absolute Gasteiger partial charge is 0.325 e. The summed E-state index contributed by atoms with van der Waals surface area (Å²) in [5, 5.41) is 0.195. The summed E-state index contributed by atoms with van der Waals surface area (Å²) in [6.45, 7) is 2.23. The zero-order valence-corrected chi connectivity index (χ0v) is 12.3. The minimum atomic E-state index is -0.301. The van der Waals surface area contributed by atoms with Crippen LogP contribution in [0.25, 0.3) is 0 Å². The summed E-state index contributed by atoms with van der Waals surface area (Å²) >= 11 is 5.83. The van der Waals surface area contributed by atoms with E-state index in [4.69, 9.17) is 17.3 Å². The number of benzene rings is 1. The van der Waals surface area contributed by atoms with Crippen molar-refractivity contribution in [3.8, 4) is 0 Å². The highest BCUT2D eigenvalue weighted by molar-refractivity contribution is 6.30. The molecule has 1 aromatic carbocycles. The van der Waals surface area contributed by atoms with Crippen molar-refractivity contribution in [2.75, 3.05) is 0 Å². The highest BCUT2D eigenvalue weighted by Crippen LogP contribution is 2.35. The van der Waals surface area contributed by atoms with E-state index in [1.54, 1.807) is 18.2 Å². The molecule has 106 valence electrons. The van der Waals surface area contributed by atoms with Crippen molar-refractivity contribution in [1.82, 2.24) is 0 Å². The van der Waals surface area contributed by atoms with E-state index in [1.165, 1.54) is 25.7 Å². The van der Waals surface area contributed by atoms with Crippen LogP contribution in [0.2, 0.25) is 5.02 Å². The topological polar surface area (TPSA) is 26.0 Å². The van der Waals surface area contributed by atoms with E-state index < -0.39 is 0 Å². The standard InChI is InChI=1S/C16H23ClFN/c1-2-4-12-7-9-16(19,10-8-12)11-13-5-3-6-14(17)15(13)18/h3,5-6,12H,2,4,7-11,19H2,1H3. The smallest absolute Gasteiger partial charge is 0.145 e. The maximum atomic E-state index is 13.9. The second-order valence-electron chi connectivity index (χ2n) is 5.98. The van der Waals surface area contributed by atoms with Gasteiger partial charge < -0.3 is 5.73 Å². The highest BCUT2D eigenvalue weighted by Gasteiger charge is 2.32. The predicted octanol–water partition coefficient (Wildman–Crippen LogP) is 4.71. The molecule has 0 aromatic heterocycles. The number of nitrogens with two attached hydrogens (primary N) is 1. The molecule has 3 heteroatoms. The van der Waals surface area contributed by atoms with E-state index in [0.717, 1.165) is 18.8 Å². The Morgan fingerprint density at radius 1 is 1.37 bits per heavy atom. The lowest BCUT2D eigenvalue weighted by molar-refractivity contribution is 0.222. The van der Waals surface area contributed by atoms with E-state index in [-0.39, 0.29) is 16.4 Å². The van der Waals surface area contributed by atoms with E-state index >= 15 is 0 Å². The summed E-state index contributed by atoms with van der Waals surface area (Å²) in [5.41, 5.74) is 6.86. The van der Waals surface area contributed by atoms with E-state index in [0.29, 0.717) is 12.0 Å². The molecule has 2 N–H and O–H groups in total. The second-order valence-corrected chi connectivity index (χ2v) is 6.39. The predicted molar refractivity (Wildman–Crippen MR) is 78.9 cm³/mol. The lowest BCUT2D eigenvalue weighted by atomic mass is 9.73. The summed E-state index contributed by atoms with van der Waals surface area (Å²) in [6, 6.07) is 5.18. The first-order valence-electron chi connectivity index (χ1n) is 7.26. The van der Waals surface area contributed by atoms with Crippen molar-refractivity contribution in [2.24, 2.45) is 11.7 Å². The molecule has 0 bridgehead atoms. The Balaban J connectivity index is 2.01. The number of hydrogen-bond donors (Lipinski definition) is 1. The molecule has 1 aliphatic rings. The van der Waals surface area contributed by atoms with Crippen molar-refractivity contribution in [3.05, 3.63) is 34.6 Å². The molecule has 0 unspecified atom stereocenters. The van der Waals surface area contributed by atoms with Crippen LogP contribution in [0.1, 0.15) is 51.0 Å². The Morgan fingerprint density at radius 2 is 2.05 bits per heavy atom. The Hall–Kier alpha value is -0.600. The van der Waals surface area contributed by atoms with Gasteiger partial charge in [-0.25, -0.2) is 4.39 Å². The van der Waals surface area contributed by atoms with Crippen LogP contribution in [0.3, 0.4) is 0 Å². The van der Waals surface area contributed by atoms with Gasteiger partial charge in [-0.2, -0.15) is 0 Å². The lowest BCUT2D eigenvalue weighted by Gasteiger charge is -2.37. The third-order valence-corrected chi connectivity index (χ3v) is 4.66. The maximum Gasteiger partial charge on any atom is 0.145 e. The zero-order chi connectivity index (χ0) is 13.9.